The lowest BCUT2D eigenvalue weighted by molar-refractivity contribution is 0.0643. The van der Waals surface area contributed by atoms with E-state index in [4.69, 9.17) is 5.73 Å². The highest BCUT2D eigenvalue weighted by Crippen LogP contribution is 2.25. The molecule has 1 aromatic rings. The fraction of sp³-hybridized carbons (Fsp3) is 0.600. The molecule has 0 spiro atoms. The van der Waals surface area contributed by atoms with Crippen LogP contribution in [0.3, 0.4) is 0 Å². The summed E-state index contributed by atoms with van der Waals surface area (Å²) in [6, 6.07) is -0.116. The van der Waals surface area contributed by atoms with Crippen molar-refractivity contribution in [2.45, 2.75) is 19.4 Å². The first-order chi connectivity index (χ1) is 7.65. The molecule has 0 aliphatic carbocycles. The van der Waals surface area contributed by atoms with Gasteiger partial charge in [-0.1, -0.05) is 6.92 Å². The Morgan fingerprint density at radius 2 is 2.56 bits per heavy atom. The molecule has 0 saturated carbocycles. The predicted molar refractivity (Wildman–Crippen MR) is 58.7 cm³/mol. The second kappa shape index (κ2) is 4.13. The molecule has 2 unspecified atom stereocenters. The van der Waals surface area contributed by atoms with Crippen molar-refractivity contribution in [1.82, 2.24) is 15.1 Å². The lowest BCUT2D eigenvalue weighted by atomic mass is 10.0. The Bertz CT molecular complexity index is 390. The van der Waals surface area contributed by atoms with Crippen LogP contribution in [-0.2, 0) is 0 Å². The average Bonchev–Trinajstić information content (AvgIpc) is 2.83. The van der Waals surface area contributed by atoms with Crippen LogP contribution in [0.5, 0.6) is 0 Å². The topological polar surface area (TPSA) is 95.2 Å². The van der Waals surface area contributed by atoms with E-state index in [1.165, 1.54) is 6.20 Å². The summed E-state index contributed by atoms with van der Waals surface area (Å²) in [4.78, 5) is 13.8. The normalized spacial score (nSPS) is 25.0. The van der Waals surface area contributed by atoms with Crippen LogP contribution in [0.2, 0.25) is 0 Å². The Morgan fingerprint density at radius 1 is 1.81 bits per heavy atom. The van der Waals surface area contributed by atoms with Gasteiger partial charge in [0.1, 0.15) is 5.69 Å². The third-order valence-electron chi connectivity index (χ3n) is 3.21. The van der Waals surface area contributed by atoms with Crippen molar-refractivity contribution in [2.24, 2.45) is 5.92 Å². The zero-order valence-electron chi connectivity index (χ0n) is 9.18. The number of aliphatic hydroxyl groups excluding tert-OH is 1. The van der Waals surface area contributed by atoms with Crippen LogP contribution in [-0.4, -0.2) is 45.3 Å². The minimum absolute atomic E-state index is 0.0129. The van der Waals surface area contributed by atoms with E-state index in [0.29, 0.717) is 23.8 Å². The van der Waals surface area contributed by atoms with Crippen LogP contribution in [0, 0.1) is 5.92 Å². The van der Waals surface area contributed by atoms with Crippen molar-refractivity contribution in [1.29, 1.82) is 0 Å². The largest absolute Gasteiger partial charge is 0.396 e. The molecular weight excluding hydrogens is 208 g/mol. The molecule has 1 saturated heterocycles. The van der Waals surface area contributed by atoms with E-state index in [9.17, 15) is 9.90 Å². The molecule has 6 nitrogen and oxygen atoms in total. The quantitative estimate of drug-likeness (QED) is 0.650. The molecule has 2 heterocycles. The SMILES string of the molecule is CC1CCN(C(=O)c2[nH]ncc2N)C1CO. The van der Waals surface area contributed by atoms with Crippen LogP contribution in [0.25, 0.3) is 0 Å². The maximum absolute atomic E-state index is 12.1. The number of nitrogens with two attached hydrogens (primary N) is 1. The molecule has 6 heteroatoms. The number of nitrogens with zero attached hydrogens (tertiary/aromatic N) is 2. The van der Waals surface area contributed by atoms with Crippen molar-refractivity contribution in [3.05, 3.63) is 11.9 Å². The Labute approximate surface area is 93.4 Å². The number of hydrogen-bond donors (Lipinski definition) is 3. The Morgan fingerprint density at radius 3 is 3.12 bits per heavy atom. The maximum atomic E-state index is 12.1. The first-order valence-electron chi connectivity index (χ1n) is 5.35. The summed E-state index contributed by atoms with van der Waals surface area (Å²) in [5, 5.41) is 15.6. The van der Waals surface area contributed by atoms with Crippen molar-refractivity contribution >= 4 is 11.6 Å². The highest BCUT2D eigenvalue weighted by molar-refractivity contribution is 5.97. The standard InChI is InChI=1S/C10H16N4O2/c1-6-2-3-14(8(6)5-15)10(16)9-7(11)4-12-13-9/h4,6,8,15H,2-3,5,11H2,1H3,(H,12,13). The lowest BCUT2D eigenvalue weighted by Crippen LogP contribution is -2.40. The fourth-order valence-corrected chi connectivity index (χ4v) is 2.15. The number of rotatable bonds is 2. The second-order valence-electron chi connectivity index (χ2n) is 4.21. The number of nitrogen functional groups attached to an aromatic ring is 1. The predicted octanol–water partition coefficient (Wildman–Crippen LogP) is -0.165. The van der Waals surface area contributed by atoms with Gasteiger partial charge in [0.2, 0.25) is 0 Å². The number of aliphatic hydroxyl groups is 1. The third-order valence-corrected chi connectivity index (χ3v) is 3.21. The lowest BCUT2D eigenvalue weighted by Gasteiger charge is -2.24. The molecular formula is C10H16N4O2. The molecule has 0 bridgehead atoms. The smallest absolute Gasteiger partial charge is 0.274 e. The zero-order valence-corrected chi connectivity index (χ0v) is 9.18. The van der Waals surface area contributed by atoms with Gasteiger partial charge in [0.25, 0.3) is 5.91 Å². The summed E-state index contributed by atoms with van der Waals surface area (Å²) in [7, 11) is 0. The highest BCUT2D eigenvalue weighted by Gasteiger charge is 2.35. The number of hydrogen-bond acceptors (Lipinski definition) is 4. The van der Waals surface area contributed by atoms with Crippen molar-refractivity contribution < 1.29 is 9.90 Å². The summed E-state index contributed by atoms with van der Waals surface area (Å²) >= 11 is 0. The van der Waals surface area contributed by atoms with Crippen LogP contribution >= 0.6 is 0 Å². The van der Waals surface area contributed by atoms with Crippen LogP contribution < -0.4 is 5.73 Å². The van der Waals surface area contributed by atoms with Gasteiger partial charge in [-0.3, -0.25) is 9.89 Å². The van der Waals surface area contributed by atoms with E-state index in [-0.39, 0.29) is 18.6 Å². The number of carbonyl (C=O) groups excluding carboxylic acids is 1. The number of carbonyl (C=O) groups is 1. The maximum Gasteiger partial charge on any atom is 0.274 e. The van der Waals surface area contributed by atoms with Gasteiger partial charge in [0.05, 0.1) is 24.5 Å². The number of likely N-dealkylation sites (tertiary alicyclic amines) is 1. The van der Waals surface area contributed by atoms with Gasteiger partial charge in [0.15, 0.2) is 0 Å². The van der Waals surface area contributed by atoms with E-state index in [1.54, 1.807) is 4.90 Å². The van der Waals surface area contributed by atoms with Gasteiger partial charge in [-0.05, 0) is 12.3 Å². The Balaban J connectivity index is 2.20. The van der Waals surface area contributed by atoms with Gasteiger partial charge in [-0.15, -0.1) is 0 Å². The number of aromatic amines is 1. The van der Waals surface area contributed by atoms with Crippen LogP contribution in [0.4, 0.5) is 5.69 Å². The van der Waals surface area contributed by atoms with E-state index in [0.717, 1.165) is 6.42 Å². The van der Waals surface area contributed by atoms with Gasteiger partial charge >= 0.3 is 0 Å². The summed E-state index contributed by atoms with van der Waals surface area (Å²) < 4.78 is 0. The third kappa shape index (κ3) is 1.65. The van der Waals surface area contributed by atoms with Gasteiger partial charge in [0, 0.05) is 6.54 Å². The molecule has 1 aliphatic rings. The van der Waals surface area contributed by atoms with Crippen molar-refractivity contribution in [3.8, 4) is 0 Å². The average molecular weight is 224 g/mol. The molecule has 88 valence electrons. The molecule has 4 N–H and O–H groups in total. The molecule has 16 heavy (non-hydrogen) atoms. The summed E-state index contributed by atoms with van der Waals surface area (Å²) in [6.45, 7) is 2.68. The minimum atomic E-state index is -0.182. The van der Waals surface area contributed by atoms with Crippen molar-refractivity contribution in [2.75, 3.05) is 18.9 Å². The molecule has 1 aromatic heterocycles. The number of nitrogens with one attached hydrogen (secondary N) is 1. The molecule has 1 fully saturated rings. The first kappa shape index (κ1) is 10.9. The summed E-state index contributed by atoms with van der Waals surface area (Å²) in [5.74, 6) is 0.136. The summed E-state index contributed by atoms with van der Waals surface area (Å²) in [5.41, 5.74) is 6.29. The molecule has 1 aliphatic heterocycles. The molecule has 0 aromatic carbocycles. The van der Waals surface area contributed by atoms with Gasteiger partial charge < -0.3 is 15.7 Å². The molecule has 2 rings (SSSR count). The molecule has 1 amide bonds. The van der Waals surface area contributed by atoms with Gasteiger partial charge in [-0.25, -0.2) is 0 Å². The van der Waals surface area contributed by atoms with Crippen LogP contribution in [0.15, 0.2) is 6.20 Å². The van der Waals surface area contributed by atoms with Gasteiger partial charge in [-0.2, -0.15) is 5.10 Å². The zero-order chi connectivity index (χ0) is 11.7. The van der Waals surface area contributed by atoms with Crippen molar-refractivity contribution in [3.63, 3.8) is 0 Å². The van der Waals surface area contributed by atoms with E-state index < -0.39 is 0 Å². The van der Waals surface area contributed by atoms with Crippen LogP contribution in [0.1, 0.15) is 23.8 Å². The van der Waals surface area contributed by atoms with E-state index >= 15 is 0 Å². The number of aromatic nitrogens is 2. The second-order valence-corrected chi connectivity index (χ2v) is 4.21. The van der Waals surface area contributed by atoms with E-state index in [1.807, 2.05) is 6.92 Å². The number of anilines is 1. The molecule has 0 radical (unpaired) electrons. The number of H-pyrrole nitrogens is 1. The monoisotopic (exact) mass is 224 g/mol. The first-order valence-corrected chi connectivity index (χ1v) is 5.35. The number of amides is 1. The minimum Gasteiger partial charge on any atom is -0.396 e. The fourth-order valence-electron chi connectivity index (χ4n) is 2.15. The molecule has 2 atom stereocenters. The Kier molecular flexibility index (Phi) is 2.82. The Hall–Kier alpha value is -1.56. The highest BCUT2D eigenvalue weighted by atomic mass is 16.3. The van der Waals surface area contributed by atoms with E-state index in [2.05, 4.69) is 10.2 Å². The summed E-state index contributed by atoms with van der Waals surface area (Å²) in [6.07, 6.45) is 2.33.